The number of hydrogen-bond donors (Lipinski definition) is 0. The zero-order chi connectivity index (χ0) is 12.6. The first-order chi connectivity index (χ1) is 8.84. The van der Waals surface area contributed by atoms with Crippen LogP contribution in [0.4, 0.5) is 0 Å². The van der Waals surface area contributed by atoms with Crippen LogP contribution in [0.2, 0.25) is 0 Å². The number of rotatable bonds is 5. The standard InChI is InChI=1S/C15H14O3/c16-15(11-13-7-3-1-4-8-13)18-12-17-14-9-5-2-6-10-14/h1-10H,11-12H2. The summed E-state index contributed by atoms with van der Waals surface area (Å²) in [4.78, 5) is 11.5. The van der Waals surface area contributed by atoms with Gasteiger partial charge in [-0.2, -0.15) is 0 Å². The van der Waals surface area contributed by atoms with Gasteiger partial charge in [0.05, 0.1) is 6.42 Å². The second-order valence-corrected chi connectivity index (χ2v) is 3.75. The minimum Gasteiger partial charge on any atom is -0.457 e. The van der Waals surface area contributed by atoms with Gasteiger partial charge < -0.3 is 9.47 Å². The summed E-state index contributed by atoms with van der Waals surface area (Å²) in [6.45, 7) is -0.0598. The van der Waals surface area contributed by atoms with Crippen LogP contribution in [0.15, 0.2) is 60.7 Å². The van der Waals surface area contributed by atoms with E-state index in [1.807, 2.05) is 60.7 Å². The van der Waals surface area contributed by atoms with Gasteiger partial charge in [0, 0.05) is 0 Å². The minimum atomic E-state index is -0.294. The smallest absolute Gasteiger partial charge is 0.313 e. The molecule has 92 valence electrons. The number of hydrogen-bond acceptors (Lipinski definition) is 3. The number of ether oxygens (including phenoxy) is 2. The maximum atomic E-state index is 11.5. The molecule has 2 aromatic carbocycles. The Morgan fingerprint density at radius 3 is 2.17 bits per heavy atom. The van der Waals surface area contributed by atoms with E-state index < -0.39 is 0 Å². The van der Waals surface area contributed by atoms with Gasteiger partial charge in [-0.25, -0.2) is 0 Å². The summed E-state index contributed by atoms with van der Waals surface area (Å²) in [5, 5.41) is 0. The third-order valence-corrected chi connectivity index (χ3v) is 2.38. The molecule has 2 aromatic rings. The van der Waals surface area contributed by atoms with Gasteiger partial charge in [0.15, 0.2) is 0 Å². The van der Waals surface area contributed by atoms with E-state index in [0.717, 1.165) is 5.56 Å². The highest BCUT2D eigenvalue weighted by atomic mass is 16.7. The highest BCUT2D eigenvalue weighted by molar-refractivity contribution is 5.72. The summed E-state index contributed by atoms with van der Waals surface area (Å²) in [5.74, 6) is 0.391. The molecular weight excluding hydrogens is 228 g/mol. The molecule has 0 heterocycles. The predicted molar refractivity (Wildman–Crippen MR) is 68.2 cm³/mol. The molecule has 0 spiro atoms. The summed E-state index contributed by atoms with van der Waals surface area (Å²) in [6.07, 6.45) is 0.263. The molecule has 3 heteroatoms. The topological polar surface area (TPSA) is 35.5 Å². The normalized spacial score (nSPS) is 9.78. The Kier molecular flexibility index (Phi) is 4.36. The minimum absolute atomic E-state index is 0.0598. The molecule has 0 radical (unpaired) electrons. The highest BCUT2D eigenvalue weighted by Crippen LogP contribution is 2.08. The highest BCUT2D eigenvalue weighted by Gasteiger charge is 2.04. The Morgan fingerprint density at radius 1 is 0.889 bits per heavy atom. The number of para-hydroxylation sites is 1. The molecule has 0 aliphatic heterocycles. The second kappa shape index (κ2) is 6.45. The summed E-state index contributed by atoms with van der Waals surface area (Å²) in [7, 11) is 0. The summed E-state index contributed by atoms with van der Waals surface area (Å²) in [5.41, 5.74) is 0.933. The van der Waals surface area contributed by atoms with Gasteiger partial charge in [-0.15, -0.1) is 0 Å². The lowest BCUT2D eigenvalue weighted by molar-refractivity contribution is -0.149. The van der Waals surface area contributed by atoms with Crippen molar-refractivity contribution in [3.8, 4) is 5.75 Å². The SMILES string of the molecule is O=C(Cc1ccccc1)OCOc1ccccc1. The fourth-order valence-electron chi connectivity index (χ4n) is 1.49. The molecule has 18 heavy (non-hydrogen) atoms. The first-order valence-corrected chi connectivity index (χ1v) is 5.72. The molecule has 0 N–H and O–H groups in total. The number of esters is 1. The molecule has 0 saturated carbocycles. The van der Waals surface area contributed by atoms with Gasteiger partial charge in [0.25, 0.3) is 0 Å². The predicted octanol–water partition coefficient (Wildman–Crippen LogP) is 2.81. The van der Waals surface area contributed by atoms with Crippen LogP contribution in [0.1, 0.15) is 5.56 Å². The van der Waals surface area contributed by atoms with E-state index in [0.29, 0.717) is 5.75 Å². The van der Waals surface area contributed by atoms with Crippen LogP contribution in [-0.4, -0.2) is 12.8 Å². The average molecular weight is 242 g/mol. The summed E-state index contributed by atoms with van der Waals surface area (Å²) < 4.78 is 10.3. The van der Waals surface area contributed by atoms with Crippen molar-refractivity contribution in [1.29, 1.82) is 0 Å². The van der Waals surface area contributed by atoms with E-state index in [9.17, 15) is 4.79 Å². The molecule has 0 bridgehead atoms. The van der Waals surface area contributed by atoms with E-state index >= 15 is 0 Å². The molecular formula is C15H14O3. The maximum Gasteiger partial charge on any atom is 0.313 e. The largest absolute Gasteiger partial charge is 0.457 e. The Hall–Kier alpha value is -2.29. The molecule has 0 unspecified atom stereocenters. The van der Waals surface area contributed by atoms with Crippen molar-refractivity contribution in [2.45, 2.75) is 6.42 Å². The van der Waals surface area contributed by atoms with E-state index in [2.05, 4.69) is 0 Å². The summed E-state index contributed by atoms with van der Waals surface area (Å²) >= 11 is 0. The van der Waals surface area contributed by atoms with Crippen LogP contribution in [0.3, 0.4) is 0 Å². The number of carbonyl (C=O) groups is 1. The van der Waals surface area contributed by atoms with Gasteiger partial charge in [0.1, 0.15) is 5.75 Å². The van der Waals surface area contributed by atoms with Crippen molar-refractivity contribution < 1.29 is 14.3 Å². The van der Waals surface area contributed by atoms with Crippen LogP contribution < -0.4 is 4.74 Å². The fourth-order valence-corrected chi connectivity index (χ4v) is 1.49. The Bertz CT molecular complexity index is 480. The van der Waals surface area contributed by atoms with Gasteiger partial charge in [-0.1, -0.05) is 48.5 Å². The molecule has 0 aliphatic carbocycles. The van der Waals surface area contributed by atoms with Crippen molar-refractivity contribution in [2.75, 3.05) is 6.79 Å². The Morgan fingerprint density at radius 2 is 1.50 bits per heavy atom. The lowest BCUT2D eigenvalue weighted by Gasteiger charge is -2.07. The fraction of sp³-hybridized carbons (Fsp3) is 0.133. The van der Waals surface area contributed by atoms with Crippen molar-refractivity contribution in [1.82, 2.24) is 0 Å². The monoisotopic (exact) mass is 242 g/mol. The van der Waals surface area contributed by atoms with E-state index in [1.54, 1.807) is 0 Å². The van der Waals surface area contributed by atoms with Crippen molar-refractivity contribution in [2.24, 2.45) is 0 Å². The van der Waals surface area contributed by atoms with Gasteiger partial charge in [-0.05, 0) is 17.7 Å². The van der Waals surface area contributed by atoms with Gasteiger partial charge >= 0.3 is 5.97 Å². The Labute approximate surface area is 106 Å². The molecule has 0 fully saturated rings. The van der Waals surface area contributed by atoms with Crippen LogP contribution in [0.25, 0.3) is 0 Å². The van der Waals surface area contributed by atoms with Crippen LogP contribution in [0.5, 0.6) is 5.75 Å². The van der Waals surface area contributed by atoms with Crippen molar-refractivity contribution in [3.05, 3.63) is 66.2 Å². The lowest BCUT2D eigenvalue weighted by atomic mass is 10.2. The van der Waals surface area contributed by atoms with Gasteiger partial charge in [-0.3, -0.25) is 4.79 Å². The van der Waals surface area contributed by atoms with Crippen LogP contribution in [0, 0.1) is 0 Å². The molecule has 0 amide bonds. The maximum absolute atomic E-state index is 11.5. The average Bonchev–Trinajstić information content (AvgIpc) is 2.41. The molecule has 0 saturated heterocycles. The Balaban J connectivity index is 1.73. The number of benzene rings is 2. The second-order valence-electron chi connectivity index (χ2n) is 3.75. The summed E-state index contributed by atoms with van der Waals surface area (Å²) in [6, 6.07) is 18.7. The quantitative estimate of drug-likeness (QED) is 0.597. The van der Waals surface area contributed by atoms with E-state index in [1.165, 1.54) is 0 Å². The van der Waals surface area contributed by atoms with E-state index in [-0.39, 0.29) is 19.2 Å². The van der Waals surface area contributed by atoms with Gasteiger partial charge in [0.2, 0.25) is 6.79 Å². The van der Waals surface area contributed by atoms with Crippen LogP contribution in [-0.2, 0) is 16.0 Å². The molecule has 0 atom stereocenters. The molecule has 0 aromatic heterocycles. The molecule has 3 nitrogen and oxygen atoms in total. The zero-order valence-electron chi connectivity index (χ0n) is 9.91. The third-order valence-electron chi connectivity index (χ3n) is 2.38. The van der Waals surface area contributed by atoms with E-state index in [4.69, 9.17) is 9.47 Å². The first kappa shape index (κ1) is 12.2. The zero-order valence-corrected chi connectivity index (χ0v) is 9.91. The van der Waals surface area contributed by atoms with Crippen molar-refractivity contribution in [3.63, 3.8) is 0 Å². The third kappa shape index (κ3) is 3.94. The van der Waals surface area contributed by atoms with Crippen LogP contribution >= 0.6 is 0 Å². The lowest BCUT2D eigenvalue weighted by Crippen LogP contribution is -2.12. The van der Waals surface area contributed by atoms with Crippen molar-refractivity contribution >= 4 is 5.97 Å². The molecule has 2 rings (SSSR count). The molecule has 0 aliphatic rings. The number of carbonyl (C=O) groups excluding carboxylic acids is 1. The first-order valence-electron chi connectivity index (χ1n) is 5.72.